The van der Waals surface area contributed by atoms with Crippen LogP contribution in [-0.4, -0.2) is 41.4 Å². The first-order chi connectivity index (χ1) is 12.0. The molecule has 1 aliphatic heterocycles. The molecule has 0 saturated carbocycles. The summed E-state index contributed by atoms with van der Waals surface area (Å²) in [6.07, 6.45) is 1.82. The summed E-state index contributed by atoms with van der Waals surface area (Å²) in [5.41, 5.74) is -0.385. The van der Waals surface area contributed by atoms with Crippen LogP contribution in [0.3, 0.4) is 0 Å². The van der Waals surface area contributed by atoms with Crippen LogP contribution in [0.15, 0.2) is 24.3 Å². The summed E-state index contributed by atoms with van der Waals surface area (Å²) in [5, 5.41) is 5.42. The Bertz CT molecular complexity index is 655. The van der Waals surface area contributed by atoms with Crippen molar-refractivity contribution in [1.29, 1.82) is 0 Å². The summed E-state index contributed by atoms with van der Waals surface area (Å²) < 4.78 is 5.59. The number of urea groups is 1. The summed E-state index contributed by atoms with van der Waals surface area (Å²) in [6.45, 7) is 5.88. The zero-order chi connectivity index (χ0) is 18.4. The lowest BCUT2D eigenvalue weighted by Gasteiger charge is -2.23. The third-order valence-corrected chi connectivity index (χ3v) is 4.38. The van der Waals surface area contributed by atoms with E-state index in [4.69, 9.17) is 4.74 Å². The van der Waals surface area contributed by atoms with Crippen molar-refractivity contribution in [3.8, 4) is 5.75 Å². The van der Waals surface area contributed by atoms with Crippen molar-refractivity contribution in [2.24, 2.45) is 0 Å². The average molecular weight is 347 g/mol. The van der Waals surface area contributed by atoms with Gasteiger partial charge in [0.05, 0.1) is 12.3 Å². The Labute approximate surface area is 147 Å². The van der Waals surface area contributed by atoms with Gasteiger partial charge >= 0.3 is 6.03 Å². The molecular weight excluding hydrogens is 322 g/mol. The molecule has 0 aliphatic carbocycles. The third-order valence-electron chi connectivity index (χ3n) is 4.38. The van der Waals surface area contributed by atoms with E-state index in [1.54, 1.807) is 18.2 Å². The topological polar surface area (TPSA) is 87.7 Å². The maximum atomic E-state index is 12.5. The first-order valence-electron chi connectivity index (χ1n) is 8.63. The Hall–Kier alpha value is -2.57. The lowest BCUT2D eigenvalue weighted by molar-refractivity contribution is -0.134. The Balaban J connectivity index is 2.06. The summed E-state index contributed by atoms with van der Waals surface area (Å²) in [7, 11) is 0. The lowest BCUT2D eigenvalue weighted by Crippen LogP contribution is -2.46. The van der Waals surface area contributed by atoms with Crippen LogP contribution in [0.4, 0.5) is 10.5 Å². The largest absolute Gasteiger partial charge is 0.491 e. The molecule has 1 saturated heterocycles. The minimum atomic E-state index is -0.903. The summed E-state index contributed by atoms with van der Waals surface area (Å²) in [4.78, 5) is 37.9. The first-order valence-corrected chi connectivity index (χ1v) is 8.63. The second kappa shape index (κ2) is 8.00. The van der Waals surface area contributed by atoms with Crippen LogP contribution in [0, 0.1) is 0 Å². The molecule has 2 N–H and O–H groups in total. The van der Waals surface area contributed by atoms with Crippen molar-refractivity contribution in [3.05, 3.63) is 24.3 Å². The number of carbonyl (C=O) groups is 3. The summed E-state index contributed by atoms with van der Waals surface area (Å²) in [6, 6.07) is 6.55. The molecule has 2 rings (SSSR count). The van der Waals surface area contributed by atoms with Gasteiger partial charge in [-0.2, -0.15) is 0 Å². The second-order valence-electron chi connectivity index (χ2n) is 6.00. The summed E-state index contributed by atoms with van der Waals surface area (Å²) in [5.74, 6) is -0.237. The quantitative estimate of drug-likeness (QED) is 0.707. The highest BCUT2D eigenvalue weighted by molar-refractivity contribution is 6.10. The number of hydrogen-bond donors (Lipinski definition) is 2. The van der Waals surface area contributed by atoms with Gasteiger partial charge in [0, 0.05) is 0 Å². The number of benzene rings is 1. The Morgan fingerprint density at radius 3 is 2.48 bits per heavy atom. The Morgan fingerprint density at radius 1 is 1.20 bits per heavy atom. The monoisotopic (exact) mass is 347 g/mol. The molecule has 1 fully saturated rings. The van der Waals surface area contributed by atoms with Crippen molar-refractivity contribution in [3.63, 3.8) is 0 Å². The van der Waals surface area contributed by atoms with Crippen LogP contribution in [0.1, 0.15) is 40.0 Å². The van der Waals surface area contributed by atoms with Crippen LogP contribution in [0.25, 0.3) is 0 Å². The zero-order valence-corrected chi connectivity index (χ0v) is 14.9. The molecule has 0 spiro atoms. The van der Waals surface area contributed by atoms with Gasteiger partial charge in [0.25, 0.3) is 5.91 Å². The van der Waals surface area contributed by atoms with E-state index in [1.807, 2.05) is 26.8 Å². The van der Waals surface area contributed by atoms with Gasteiger partial charge in [-0.3, -0.25) is 14.5 Å². The fourth-order valence-electron chi connectivity index (χ4n) is 2.79. The number of para-hydroxylation sites is 2. The SMILES string of the molecule is CCCOc1ccccc1NC(=O)CN1C(=O)NC(CC)(CC)C1=O. The Morgan fingerprint density at radius 2 is 1.88 bits per heavy atom. The van der Waals surface area contributed by atoms with Gasteiger partial charge in [0.2, 0.25) is 5.91 Å². The van der Waals surface area contributed by atoms with E-state index in [0.717, 1.165) is 11.3 Å². The second-order valence-corrected chi connectivity index (χ2v) is 6.00. The van der Waals surface area contributed by atoms with Crippen molar-refractivity contribution in [2.45, 2.75) is 45.6 Å². The number of ether oxygens (including phenoxy) is 1. The van der Waals surface area contributed by atoms with Crippen molar-refractivity contribution in [2.75, 3.05) is 18.5 Å². The molecule has 0 atom stereocenters. The van der Waals surface area contributed by atoms with Crippen LogP contribution in [0.2, 0.25) is 0 Å². The van der Waals surface area contributed by atoms with E-state index >= 15 is 0 Å². The van der Waals surface area contributed by atoms with Gasteiger partial charge in [-0.05, 0) is 31.4 Å². The van der Waals surface area contributed by atoms with Gasteiger partial charge in [-0.1, -0.05) is 32.9 Å². The number of anilines is 1. The highest BCUT2D eigenvalue weighted by Crippen LogP contribution is 2.26. The van der Waals surface area contributed by atoms with E-state index in [1.165, 1.54) is 0 Å². The van der Waals surface area contributed by atoms with E-state index in [2.05, 4.69) is 10.6 Å². The molecule has 1 aliphatic rings. The van der Waals surface area contributed by atoms with Gasteiger partial charge in [-0.25, -0.2) is 4.79 Å². The van der Waals surface area contributed by atoms with Crippen LogP contribution in [-0.2, 0) is 9.59 Å². The highest BCUT2D eigenvalue weighted by Gasteiger charge is 2.49. The van der Waals surface area contributed by atoms with Crippen LogP contribution >= 0.6 is 0 Å². The normalized spacial score (nSPS) is 15.9. The first kappa shape index (κ1) is 18.8. The molecule has 0 aromatic heterocycles. The molecule has 0 radical (unpaired) electrons. The number of nitrogens with zero attached hydrogens (tertiary/aromatic N) is 1. The molecule has 136 valence electrons. The number of imide groups is 1. The third kappa shape index (κ3) is 3.92. The predicted molar refractivity (Wildman–Crippen MR) is 94.4 cm³/mol. The van der Waals surface area contributed by atoms with E-state index < -0.39 is 17.5 Å². The minimum absolute atomic E-state index is 0.325. The highest BCUT2D eigenvalue weighted by atomic mass is 16.5. The predicted octanol–water partition coefficient (Wildman–Crippen LogP) is 2.52. The molecule has 1 heterocycles. The van der Waals surface area contributed by atoms with Crippen molar-refractivity contribution in [1.82, 2.24) is 10.2 Å². The number of carbonyl (C=O) groups excluding carboxylic acids is 3. The van der Waals surface area contributed by atoms with Gasteiger partial charge < -0.3 is 15.4 Å². The van der Waals surface area contributed by atoms with Crippen LogP contribution in [0.5, 0.6) is 5.75 Å². The summed E-state index contributed by atoms with van der Waals surface area (Å²) >= 11 is 0. The number of rotatable bonds is 8. The molecular formula is C18H25N3O4. The molecule has 4 amide bonds. The molecule has 7 heteroatoms. The number of nitrogens with one attached hydrogen (secondary N) is 2. The standard InChI is InChI=1S/C18H25N3O4/c1-4-11-25-14-10-8-7-9-13(14)19-15(22)12-21-16(23)18(5-2,6-3)20-17(21)24/h7-10H,4-6,11-12H2,1-3H3,(H,19,22)(H,20,24). The lowest BCUT2D eigenvalue weighted by atomic mass is 9.93. The number of amides is 4. The molecule has 1 aromatic rings. The van der Waals surface area contributed by atoms with Crippen LogP contribution < -0.4 is 15.4 Å². The van der Waals surface area contributed by atoms with Gasteiger partial charge in [-0.15, -0.1) is 0 Å². The van der Waals surface area contributed by atoms with E-state index in [0.29, 0.717) is 30.9 Å². The molecule has 25 heavy (non-hydrogen) atoms. The fraction of sp³-hybridized carbons (Fsp3) is 0.500. The molecule has 7 nitrogen and oxygen atoms in total. The fourth-order valence-corrected chi connectivity index (χ4v) is 2.79. The van der Waals surface area contributed by atoms with E-state index in [9.17, 15) is 14.4 Å². The molecule has 0 bridgehead atoms. The number of hydrogen-bond acceptors (Lipinski definition) is 4. The van der Waals surface area contributed by atoms with Crippen molar-refractivity contribution >= 4 is 23.5 Å². The Kier molecular flexibility index (Phi) is 6.01. The molecule has 1 aromatic carbocycles. The van der Waals surface area contributed by atoms with Crippen molar-refractivity contribution < 1.29 is 19.1 Å². The van der Waals surface area contributed by atoms with E-state index in [-0.39, 0.29) is 12.5 Å². The zero-order valence-electron chi connectivity index (χ0n) is 14.9. The smallest absolute Gasteiger partial charge is 0.325 e. The van der Waals surface area contributed by atoms with Gasteiger partial charge in [0.1, 0.15) is 17.8 Å². The maximum absolute atomic E-state index is 12.5. The maximum Gasteiger partial charge on any atom is 0.325 e. The molecule has 0 unspecified atom stereocenters. The average Bonchev–Trinajstić information content (AvgIpc) is 2.85. The van der Waals surface area contributed by atoms with Gasteiger partial charge in [0.15, 0.2) is 0 Å². The minimum Gasteiger partial charge on any atom is -0.491 e.